The molecule has 4 heteroatoms. The Morgan fingerprint density at radius 1 is 0.328 bits per heavy atom. The minimum absolute atomic E-state index is 1.09. The van der Waals surface area contributed by atoms with E-state index in [0.29, 0.717) is 0 Å². The van der Waals surface area contributed by atoms with Crippen LogP contribution in [0.15, 0.2) is 212 Å². The van der Waals surface area contributed by atoms with Gasteiger partial charge in [0, 0.05) is 64.5 Å². The summed E-state index contributed by atoms with van der Waals surface area (Å²) in [5, 5.41) is 7.53. The van der Waals surface area contributed by atoms with Crippen molar-refractivity contribution < 1.29 is 0 Å². The largest absolute Gasteiger partial charge is 0.310 e. The standard InChI is InChI=1S/C54H35N3S/c1-3-14-38(15-4-1)56-48-22-11-8-20-45(48)54-49(23-13-24-50(54)56)55(40-29-26-36(27-30-40)37-28-33-53-46(34-37)44-19-9-12-25-52(44)58-53)41-31-32-43-42-18-7-10-21-47(42)57(51(43)35-41)39-16-5-2-6-17-39/h1-35H. The van der Waals surface area contributed by atoms with Gasteiger partial charge in [-0.2, -0.15) is 0 Å². The maximum Gasteiger partial charge on any atom is 0.0562 e. The van der Waals surface area contributed by atoms with Gasteiger partial charge in [0.1, 0.15) is 0 Å². The van der Waals surface area contributed by atoms with Gasteiger partial charge in [0.25, 0.3) is 0 Å². The van der Waals surface area contributed by atoms with Crippen molar-refractivity contribution in [3.05, 3.63) is 212 Å². The SMILES string of the molecule is c1ccc(-n2c3ccccc3c3ccc(N(c4ccc(-c5ccc6sc7ccccc7c6c5)cc4)c4cccc5c4c4ccccc4n5-c4ccccc4)cc32)cc1. The van der Waals surface area contributed by atoms with Crippen molar-refractivity contribution in [3.63, 3.8) is 0 Å². The number of aromatic nitrogens is 2. The summed E-state index contributed by atoms with van der Waals surface area (Å²) in [5.41, 5.74) is 12.7. The lowest BCUT2D eigenvalue weighted by molar-refractivity contribution is 1.17. The molecular weight excluding hydrogens is 723 g/mol. The van der Waals surface area contributed by atoms with Crippen LogP contribution in [0.4, 0.5) is 17.1 Å². The fraction of sp³-hybridized carbons (Fsp3) is 0. The highest BCUT2D eigenvalue weighted by Gasteiger charge is 2.23. The van der Waals surface area contributed by atoms with Gasteiger partial charge in [0.15, 0.2) is 0 Å². The van der Waals surface area contributed by atoms with E-state index in [0.717, 1.165) is 28.4 Å². The van der Waals surface area contributed by atoms with Crippen LogP contribution in [0.1, 0.15) is 0 Å². The zero-order valence-corrected chi connectivity index (χ0v) is 32.3. The number of para-hydroxylation sites is 4. The number of hydrogen-bond acceptors (Lipinski definition) is 2. The minimum Gasteiger partial charge on any atom is -0.310 e. The molecule has 3 nitrogen and oxygen atoms in total. The highest BCUT2D eigenvalue weighted by Crippen LogP contribution is 2.46. The third-order valence-corrected chi connectivity index (χ3v) is 12.8. The van der Waals surface area contributed by atoms with Crippen molar-refractivity contribution in [1.82, 2.24) is 9.13 Å². The smallest absolute Gasteiger partial charge is 0.0562 e. The van der Waals surface area contributed by atoms with Gasteiger partial charge in [0.05, 0.1) is 27.8 Å². The Balaban J connectivity index is 1.10. The molecule has 0 aliphatic rings. The minimum atomic E-state index is 1.09. The third kappa shape index (κ3) is 5.05. The molecule has 272 valence electrons. The van der Waals surface area contributed by atoms with E-state index < -0.39 is 0 Å². The lowest BCUT2D eigenvalue weighted by Crippen LogP contribution is -2.10. The van der Waals surface area contributed by atoms with Gasteiger partial charge in [-0.3, -0.25) is 0 Å². The summed E-state index contributed by atoms with van der Waals surface area (Å²) in [7, 11) is 0. The lowest BCUT2D eigenvalue weighted by Gasteiger charge is -2.27. The molecule has 12 aromatic rings. The van der Waals surface area contributed by atoms with Gasteiger partial charge >= 0.3 is 0 Å². The van der Waals surface area contributed by atoms with E-state index in [-0.39, 0.29) is 0 Å². The molecule has 9 aromatic carbocycles. The van der Waals surface area contributed by atoms with E-state index in [1.165, 1.54) is 74.9 Å². The molecule has 0 saturated heterocycles. The second-order valence-corrected chi connectivity index (χ2v) is 16.0. The van der Waals surface area contributed by atoms with Crippen molar-refractivity contribution in [1.29, 1.82) is 0 Å². The van der Waals surface area contributed by atoms with Crippen molar-refractivity contribution >= 4 is 92.2 Å². The number of benzene rings is 9. The second-order valence-electron chi connectivity index (χ2n) is 14.9. The van der Waals surface area contributed by atoms with Crippen LogP contribution in [0.25, 0.3) is 86.3 Å². The number of fused-ring (bicyclic) bond motifs is 9. The first-order valence-electron chi connectivity index (χ1n) is 19.8. The third-order valence-electron chi connectivity index (χ3n) is 11.7. The normalized spacial score (nSPS) is 11.8. The maximum absolute atomic E-state index is 2.45. The van der Waals surface area contributed by atoms with E-state index in [1.807, 2.05) is 11.3 Å². The molecule has 3 aromatic heterocycles. The molecular formula is C54H35N3S. The molecule has 58 heavy (non-hydrogen) atoms. The predicted molar refractivity (Wildman–Crippen MR) is 248 cm³/mol. The average molecular weight is 758 g/mol. The highest BCUT2D eigenvalue weighted by molar-refractivity contribution is 7.25. The first kappa shape index (κ1) is 32.8. The first-order chi connectivity index (χ1) is 28.8. The molecule has 0 fully saturated rings. The molecule has 0 bridgehead atoms. The predicted octanol–water partition coefficient (Wildman–Crippen LogP) is 15.4. The summed E-state index contributed by atoms with van der Waals surface area (Å²) in [6.07, 6.45) is 0. The van der Waals surface area contributed by atoms with Crippen LogP contribution in [0, 0.1) is 0 Å². The summed E-state index contributed by atoms with van der Waals surface area (Å²) in [6, 6.07) is 77.5. The van der Waals surface area contributed by atoms with Gasteiger partial charge in [-0.05, 0) is 102 Å². The van der Waals surface area contributed by atoms with Gasteiger partial charge in [-0.1, -0.05) is 121 Å². The molecule has 12 rings (SSSR count). The number of anilines is 3. The fourth-order valence-corrected chi connectivity index (χ4v) is 10.2. The van der Waals surface area contributed by atoms with Crippen LogP contribution >= 0.6 is 11.3 Å². The Kier molecular flexibility index (Phi) is 7.40. The first-order valence-corrected chi connectivity index (χ1v) is 20.6. The molecule has 3 heterocycles. The molecule has 0 saturated carbocycles. The Morgan fingerprint density at radius 2 is 0.879 bits per heavy atom. The number of nitrogens with zero attached hydrogens (tertiary/aromatic N) is 3. The summed E-state index contributed by atoms with van der Waals surface area (Å²) in [5.74, 6) is 0. The van der Waals surface area contributed by atoms with Crippen molar-refractivity contribution in [2.45, 2.75) is 0 Å². The highest BCUT2D eigenvalue weighted by atomic mass is 32.1. The molecule has 0 atom stereocenters. The summed E-state index contributed by atoms with van der Waals surface area (Å²) in [4.78, 5) is 2.45. The van der Waals surface area contributed by atoms with Crippen LogP contribution in [-0.2, 0) is 0 Å². The topological polar surface area (TPSA) is 13.1 Å². The molecule has 0 amide bonds. The lowest BCUT2D eigenvalue weighted by atomic mass is 10.0. The molecule has 0 radical (unpaired) electrons. The van der Waals surface area contributed by atoms with Gasteiger partial charge in [-0.15, -0.1) is 11.3 Å². The monoisotopic (exact) mass is 757 g/mol. The number of rotatable bonds is 6. The molecule has 0 N–H and O–H groups in total. The van der Waals surface area contributed by atoms with E-state index in [2.05, 4.69) is 226 Å². The number of thiophene rings is 1. The Morgan fingerprint density at radius 3 is 1.64 bits per heavy atom. The van der Waals surface area contributed by atoms with Crippen LogP contribution in [0.3, 0.4) is 0 Å². The Bertz CT molecular complexity index is 3500. The van der Waals surface area contributed by atoms with Crippen molar-refractivity contribution in [2.24, 2.45) is 0 Å². The molecule has 0 spiro atoms. The van der Waals surface area contributed by atoms with Crippen LogP contribution in [0.5, 0.6) is 0 Å². The summed E-state index contributed by atoms with van der Waals surface area (Å²) >= 11 is 1.86. The zero-order valence-electron chi connectivity index (χ0n) is 31.5. The van der Waals surface area contributed by atoms with Crippen molar-refractivity contribution in [2.75, 3.05) is 4.90 Å². The van der Waals surface area contributed by atoms with Gasteiger partial charge in [-0.25, -0.2) is 0 Å². The van der Waals surface area contributed by atoms with Crippen molar-refractivity contribution in [3.8, 4) is 22.5 Å². The Labute approximate surface area is 339 Å². The maximum atomic E-state index is 2.45. The van der Waals surface area contributed by atoms with Gasteiger partial charge in [0.2, 0.25) is 0 Å². The number of hydrogen-bond donors (Lipinski definition) is 0. The molecule has 0 aliphatic carbocycles. The summed E-state index contributed by atoms with van der Waals surface area (Å²) < 4.78 is 7.45. The van der Waals surface area contributed by atoms with Crippen LogP contribution < -0.4 is 4.90 Å². The van der Waals surface area contributed by atoms with E-state index >= 15 is 0 Å². The summed E-state index contributed by atoms with van der Waals surface area (Å²) in [6.45, 7) is 0. The van der Waals surface area contributed by atoms with Crippen LogP contribution in [-0.4, -0.2) is 9.13 Å². The second kappa shape index (κ2) is 13.1. The average Bonchev–Trinajstić information content (AvgIpc) is 3.95. The van der Waals surface area contributed by atoms with Gasteiger partial charge < -0.3 is 14.0 Å². The molecule has 0 aliphatic heterocycles. The fourth-order valence-electron chi connectivity index (χ4n) is 9.13. The Hall–Kier alpha value is -7.40. The van der Waals surface area contributed by atoms with Crippen LogP contribution in [0.2, 0.25) is 0 Å². The zero-order chi connectivity index (χ0) is 38.2. The van der Waals surface area contributed by atoms with E-state index in [4.69, 9.17) is 0 Å². The van der Waals surface area contributed by atoms with E-state index in [1.54, 1.807) is 0 Å². The quantitative estimate of drug-likeness (QED) is 0.165. The molecule has 0 unspecified atom stereocenters. The van der Waals surface area contributed by atoms with E-state index in [9.17, 15) is 0 Å².